The maximum atomic E-state index is 13.7. The highest BCUT2D eigenvalue weighted by Crippen LogP contribution is 2.28. The van der Waals surface area contributed by atoms with Crippen molar-refractivity contribution in [3.63, 3.8) is 0 Å². The van der Waals surface area contributed by atoms with E-state index >= 15 is 0 Å². The zero-order valence-corrected chi connectivity index (χ0v) is 23.3. The second-order valence-corrected chi connectivity index (χ2v) is 11.6. The number of thiazole rings is 1. The van der Waals surface area contributed by atoms with Crippen LogP contribution in [0.25, 0.3) is 10.4 Å². The van der Waals surface area contributed by atoms with E-state index in [1.807, 2.05) is 57.5 Å². The predicted octanol–water partition coefficient (Wildman–Crippen LogP) is 3.90. The second kappa shape index (κ2) is 12.0. The minimum absolute atomic E-state index is 0.00180. The largest absolute Gasteiger partial charge is 0.413 e. The third-order valence-electron chi connectivity index (χ3n) is 6.62. The van der Waals surface area contributed by atoms with Crippen molar-refractivity contribution in [2.45, 2.75) is 58.8 Å². The van der Waals surface area contributed by atoms with Crippen LogP contribution in [0.15, 0.2) is 60.1 Å². The van der Waals surface area contributed by atoms with E-state index < -0.39 is 35.6 Å². The number of nitrogens with one attached hydrogen (secondary N) is 2. The number of carbonyl (C=O) groups excluding carboxylic acids is 3. The molecule has 3 N–H and O–H groups in total. The van der Waals surface area contributed by atoms with E-state index in [4.69, 9.17) is 4.74 Å². The number of benzene rings is 2. The van der Waals surface area contributed by atoms with Crippen molar-refractivity contribution in [1.29, 1.82) is 0 Å². The predicted molar refractivity (Wildman–Crippen MR) is 149 cm³/mol. The van der Waals surface area contributed by atoms with E-state index in [9.17, 15) is 19.5 Å². The Bertz CT molecular complexity index is 1300. The van der Waals surface area contributed by atoms with Gasteiger partial charge in [-0.2, -0.15) is 0 Å². The van der Waals surface area contributed by atoms with Crippen molar-refractivity contribution in [2.75, 3.05) is 6.54 Å². The number of aryl methyl sites for hydroxylation is 1. The van der Waals surface area contributed by atoms with Crippen LogP contribution in [-0.4, -0.2) is 57.6 Å². The van der Waals surface area contributed by atoms with Gasteiger partial charge in [-0.05, 0) is 35.6 Å². The zero-order chi connectivity index (χ0) is 28.2. The molecule has 0 aliphatic carbocycles. The molecule has 2 aromatic carbocycles. The van der Waals surface area contributed by atoms with Gasteiger partial charge in [0.15, 0.2) is 0 Å². The molecule has 1 aliphatic rings. The molecule has 1 aliphatic heterocycles. The number of nitrogens with zero attached hydrogens (tertiary/aromatic N) is 2. The lowest BCUT2D eigenvalue weighted by atomic mass is 9.85. The zero-order valence-electron chi connectivity index (χ0n) is 22.5. The van der Waals surface area contributed by atoms with Gasteiger partial charge in [0, 0.05) is 19.5 Å². The van der Waals surface area contributed by atoms with Crippen LogP contribution >= 0.6 is 11.3 Å². The summed E-state index contributed by atoms with van der Waals surface area (Å²) in [6.07, 6.45) is -1.50. The van der Waals surface area contributed by atoms with Gasteiger partial charge in [0.2, 0.25) is 11.8 Å². The lowest BCUT2D eigenvalue weighted by molar-refractivity contribution is -0.142. The SMILES string of the molecule is Cc1ncsc1-c1ccc(CNC(=O)[C@@H]2C[C@@H](O)CN2C(=O)[C@@H](NC(=O)Oc2ccccc2)C(C)(C)C)cc1. The fourth-order valence-electron chi connectivity index (χ4n) is 4.52. The molecule has 3 aromatic rings. The van der Waals surface area contributed by atoms with Gasteiger partial charge in [-0.15, -0.1) is 11.3 Å². The molecule has 2 heterocycles. The molecule has 3 atom stereocenters. The first kappa shape index (κ1) is 28.3. The van der Waals surface area contributed by atoms with Gasteiger partial charge in [-0.1, -0.05) is 63.2 Å². The van der Waals surface area contributed by atoms with Crippen LogP contribution in [0.3, 0.4) is 0 Å². The van der Waals surface area contributed by atoms with Gasteiger partial charge >= 0.3 is 6.09 Å². The monoisotopic (exact) mass is 550 g/mol. The van der Waals surface area contributed by atoms with Crippen LogP contribution in [-0.2, 0) is 16.1 Å². The molecule has 3 amide bonds. The fourth-order valence-corrected chi connectivity index (χ4v) is 5.33. The van der Waals surface area contributed by atoms with Crippen molar-refractivity contribution in [3.8, 4) is 16.2 Å². The molecule has 0 bridgehead atoms. The van der Waals surface area contributed by atoms with Gasteiger partial charge in [0.1, 0.15) is 17.8 Å². The normalized spacial score (nSPS) is 17.9. The highest BCUT2D eigenvalue weighted by Gasteiger charge is 2.44. The molecule has 0 unspecified atom stereocenters. The Morgan fingerprint density at radius 2 is 1.82 bits per heavy atom. The number of hydrogen-bond acceptors (Lipinski definition) is 7. The number of para-hydroxylation sites is 1. The van der Waals surface area contributed by atoms with Crippen LogP contribution in [0.5, 0.6) is 5.75 Å². The number of aromatic nitrogens is 1. The fraction of sp³-hybridized carbons (Fsp3) is 0.379. The number of rotatable bonds is 7. The molecule has 1 saturated heterocycles. The van der Waals surface area contributed by atoms with Crippen molar-refractivity contribution in [1.82, 2.24) is 20.5 Å². The molecule has 0 radical (unpaired) electrons. The summed E-state index contributed by atoms with van der Waals surface area (Å²) >= 11 is 1.58. The van der Waals surface area contributed by atoms with E-state index in [1.54, 1.807) is 41.7 Å². The average Bonchev–Trinajstić information content (AvgIpc) is 3.51. The summed E-state index contributed by atoms with van der Waals surface area (Å²) in [5.41, 5.74) is 4.07. The maximum absolute atomic E-state index is 13.7. The van der Waals surface area contributed by atoms with E-state index in [2.05, 4.69) is 15.6 Å². The molecule has 206 valence electrons. The molecule has 1 aromatic heterocycles. The molecule has 10 heteroatoms. The topological polar surface area (TPSA) is 121 Å². The van der Waals surface area contributed by atoms with Gasteiger partial charge < -0.3 is 25.4 Å². The Kier molecular flexibility index (Phi) is 8.66. The average molecular weight is 551 g/mol. The molecule has 4 rings (SSSR count). The Hall–Kier alpha value is -3.76. The van der Waals surface area contributed by atoms with Crippen molar-refractivity contribution < 1.29 is 24.2 Å². The van der Waals surface area contributed by atoms with Gasteiger partial charge in [0.25, 0.3) is 0 Å². The molecular formula is C29H34N4O5S. The molecule has 39 heavy (non-hydrogen) atoms. The van der Waals surface area contributed by atoms with Crippen LogP contribution in [0, 0.1) is 12.3 Å². The highest BCUT2D eigenvalue weighted by molar-refractivity contribution is 7.13. The van der Waals surface area contributed by atoms with Crippen molar-refractivity contribution in [2.24, 2.45) is 5.41 Å². The standard InChI is InChI=1S/C29H34N4O5S/c1-18-24(39-17-31-18)20-12-10-19(11-13-20)15-30-26(35)23-14-21(34)16-33(23)27(36)25(29(2,3)4)32-28(37)38-22-8-6-5-7-9-22/h5-13,17,21,23,25,34H,14-16H2,1-4H3,(H,30,35)(H,32,37)/t21-,23+,25-/m1/s1. The number of aliphatic hydroxyl groups excluding tert-OH is 1. The van der Waals surface area contributed by atoms with Gasteiger partial charge in [0.05, 0.1) is 22.2 Å². The Morgan fingerprint density at radius 3 is 2.44 bits per heavy atom. The van der Waals surface area contributed by atoms with Crippen LogP contribution in [0.1, 0.15) is 38.4 Å². The molecule has 9 nitrogen and oxygen atoms in total. The Balaban J connectivity index is 1.41. The second-order valence-electron chi connectivity index (χ2n) is 10.7. The van der Waals surface area contributed by atoms with Crippen LogP contribution < -0.4 is 15.4 Å². The minimum Gasteiger partial charge on any atom is -0.410 e. The third kappa shape index (κ3) is 7.01. The smallest absolute Gasteiger partial charge is 0.410 e. The van der Waals surface area contributed by atoms with E-state index in [0.717, 1.165) is 21.7 Å². The maximum Gasteiger partial charge on any atom is 0.413 e. The Labute approximate surface area is 232 Å². The molecular weight excluding hydrogens is 516 g/mol. The van der Waals surface area contributed by atoms with Crippen molar-refractivity contribution >= 4 is 29.2 Å². The van der Waals surface area contributed by atoms with Crippen molar-refractivity contribution in [3.05, 3.63) is 71.4 Å². The lowest BCUT2D eigenvalue weighted by Crippen LogP contribution is -2.58. The summed E-state index contributed by atoms with van der Waals surface area (Å²) in [5.74, 6) is -0.463. The third-order valence-corrected chi connectivity index (χ3v) is 7.60. The van der Waals surface area contributed by atoms with E-state index in [0.29, 0.717) is 5.75 Å². The number of amides is 3. The van der Waals surface area contributed by atoms with Crippen LogP contribution in [0.2, 0.25) is 0 Å². The van der Waals surface area contributed by atoms with Crippen LogP contribution in [0.4, 0.5) is 4.79 Å². The first-order valence-electron chi connectivity index (χ1n) is 12.8. The summed E-state index contributed by atoms with van der Waals surface area (Å²) < 4.78 is 5.32. The number of likely N-dealkylation sites (tertiary alicyclic amines) is 1. The quantitative estimate of drug-likeness (QED) is 0.410. The Morgan fingerprint density at radius 1 is 1.13 bits per heavy atom. The number of hydrogen-bond donors (Lipinski definition) is 3. The molecule has 0 saturated carbocycles. The number of ether oxygens (including phenoxy) is 1. The first-order valence-corrected chi connectivity index (χ1v) is 13.7. The summed E-state index contributed by atoms with van der Waals surface area (Å²) in [7, 11) is 0. The molecule has 0 spiro atoms. The van der Waals surface area contributed by atoms with E-state index in [-0.39, 0.29) is 25.4 Å². The number of aliphatic hydroxyl groups is 1. The highest BCUT2D eigenvalue weighted by atomic mass is 32.1. The van der Waals surface area contributed by atoms with Gasteiger partial charge in [-0.25, -0.2) is 9.78 Å². The lowest BCUT2D eigenvalue weighted by Gasteiger charge is -2.35. The summed E-state index contributed by atoms with van der Waals surface area (Å²) in [4.78, 5) is 46.2. The number of carbonyl (C=O) groups is 3. The minimum atomic E-state index is -0.975. The summed E-state index contributed by atoms with van der Waals surface area (Å²) in [6.45, 7) is 7.70. The molecule has 1 fully saturated rings. The first-order chi connectivity index (χ1) is 18.5. The van der Waals surface area contributed by atoms with Gasteiger partial charge in [-0.3, -0.25) is 9.59 Å². The number of β-amino-alcohol motifs (C(OH)–C–C–N with tert-alkyl or cyclic N) is 1. The summed E-state index contributed by atoms with van der Waals surface area (Å²) in [6, 6.07) is 14.6. The van der Waals surface area contributed by atoms with E-state index in [1.165, 1.54) is 4.90 Å². The summed E-state index contributed by atoms with van der Waals surface area (Å²) in [5, 5.41) is 15.9.